The van der Waals surface area contributed by atoms with Crippen LogP contribution in [0.2, 0.25) is 0 Å². The lowest BCUT2D eigenvalue weighted by Crippen LogP contribution is -2.30. The number of aromatic nitrogens is 5. The van der Waals surface area contributed by atoms with Crippen molar-refractivity contribution in [2.24, 2.45) is 7.05 Å². The normalized spacial score (nSPS) is 11.6. The van der Waals surface area contributed by atoms with Crippen molar-refractivity contribution in [2.75, 3.05) is 11.9 Å². The van der Waals surface area contributed by atoms with E-state index in [1.54, 1.807) is 42.1 Å². The number of nitrogens with zero attached hydrogens (tertiary/aromatic N) is 6. The number of aliphatic hydroxyl groups excluding tert-OH is 1. The van der Waals surface area contributed by atoms with Crippen LogP contribution in [0.25, 0.3) is 11.2 Å². The van der Waals surface area contributed by atoms with Crippen LogP contribution in [0, 0.1) is 18.3 Å². The van der Waals surface area contributed by atoms with Gasteiger partial charge in [0.25, 0.3) is 5.91 Å². The van der Waals surface area contributed by atoms with Crippen LogP contribution in [-0.4, -0.2) is 48.2 Å². The van der Waals surface area contributed by atoms with E-state index in [2.05, 4.69) is 30.6 Å². The average molecular weight is 458 g/mol. The fraction of sp³-hybridized carbons (Fsp3) is 0.217. The molecule has 1 unspecified atom stereocenters. The number of amides is 1. The summed E-state index contributed by atoms with van der Waals surface area (Å²) in [4.78, 5) is 29.5. The molecule has 0 aliphatic carbocycles. The van der Waals surface area contributed by atoms with Gasteiger partial charge < -0.3 is 25.0 Å². The quantitative estimate of drug-likeness (QED) is 0.379. The number of fused-ring (bicyclic) bond motifs is 1. The van der Waals surface area contributed by atoms with Crippen LogP contribution in [0.15, 0.2) is 43.0 Å². The lowest BCUT2D eigenvalue weighted by molar-refractivity contribution is 0.0923. The molecule has 0 fully saturated rings. The first kappa shape index (κ1) is 22.6. The molecule has 172 valence electrons. The summed E-state index contributed by atoms with van der Waals surface area (Å²) in [5.74, 6) is 0.956. The minimum atomic E-state index is -0.634. The molecule has 4 aromatic rings. The molecule has 0 spiro atoms. The highest BCUT2D eigenvalue weighted by atomic mass is 16.5. The van der Waals surface area contributed by atoms with E-state index in [-0.39, 0.29) is 12.5 Å². The predicted octanol–water partition coefficient (Wildman–Crippen LogP) is 2.58. The fourth-order valence-corrected chi connectivity index (χ4v) is 3.13. The molecule has 3 N–H and O–H groups in total. The Labute approximate surface area is 195 Å². The number of anilines is 2. The number of aryl methyl sites for hydroxylation is 2. The van der Waals surface area contributed by atoms with E-state index in [9.17, 15) is 9.90 Å². The summed E-state index contributed by atoms with van der Waals surface area (Å²) in [5, 5.41) is 24.2. The van der Waals surface area contributed by atoms with Crippen LogP contribution < -0.4 is 15.4 Å². The lowest BCUT2D eigenvalue weighted by atomic mass is 10.2. The second-order valence-electron chi connectivity index (χ2n) is 7.70. The van der Waals surface area contributed by atoms with Gasteiger partial charge in [0.05, 0.1) is 29.9 Å². The Morgan fingerprint density at radius 3 is 2.76 bits per heavy atom. The van der Waals surface area contributed by atoms with E-state index < -0.39 is 6.10 Å². The van der Waals surface area contributed by atoms with Gasteiger partial charge in [-0.2, -0.15) is 10.2 Å². The van der Waals surface area contributed by atoms with Crippen LogP contribution >= 0.6 is 0 Å². The van der Waals surface area contributed by atoms with Gasteiger partial charge >= 0.3 is 0 Å². The molecular weight excluding hydrogens is 436 g/mol. The van der Waals surface area contributed by atoms with Crippen molar-refractivity contribution in [1.29, 1.82) is 5.26 Å². The molecule has 4 aromatic heterocycles. The Morgan fingerprint density at radius 2 is 2.09 bits per heavy atom. The number of carbonyl (C=O) groups excluding carboxylic acids is 1. The number of pyridine rings is 3. The molecule has 1 amide bonds. The van der Waals surface area contributed by atoms with Crippen LogP contribution in [0.5, 0.6) is 11.6 Å². The highest BCUT2D eigenvalue weighted by Gasteiger charge is 2.14. The molecule has 0 aliphatic rings. The molecule has 0 radical (unpaired) electrons. The number of nitriles is 1. The Morgan fingerprint density at radius 1 is 1.26 bits per heavy atom. The molecule has 11 heteroatoms. The molecular formula is C23H22N8O3. The molecule has 0 aromatic carbocycles. The predicted molar refractivity (Wildman–Crippen MR) is 124 cm³/mol. The molecule has 4 rings (SSSR count). The van der Waals surface area contributed by atoms with Crippen LogP contribution in [0.4, 0.5) is 11.5 Å². The molecule has 34 heavy (non-hydrogen) atoms. The number of hydrogen-bond donors (Lipinski definition) is 3. The van der Waals surface area contributed by atoms with Crippen molar-refractivity contribution in [2.45, 2.75) is 20.0 Å². The molecule has 0 saturated carbocycles. The zero-order valence-corrected chi connectivity index (χ0v) is 18.8. The third kappa shape index (κ3) is 4.92. The number of hydrogen-bond acceptors (Lipinski definition) is 9. The largest absolute Gasteiger partial charge is 0.437 e. The number of nitrogens with one attached hydrogen (secondary N) is 2. The van der Waals surface area contributed by atoms with E-state index in [0.717, 1.165) is 5.56 Å². The molecule has 0 aliphatic heterocycles. The van der Waals surface area contributed by atoms with Crippen LogP contribution in [-0.2, 0) is 7.05 Å². The molecule has 11 nitrogen and oxygen atoms in total. The summed E-state index contributed by atoms with van der Waals surface area (Å²) in [5.41, 5.74) is 3.24. The highest BCUT2D eigenvalue weighted by Crippen LogP contribution is 2.31. The van der Waals surface area contributed by atoms with E-state index in [0.29, 0.717) is 45.6 Å². The van der Waals surface area contributed by atoms with Gasteiger partial charge in [0.15, 0.2) is 11.4 Å². The minimum absolute atomic E-state index is 0.157. The number of imidazole rings is 1. The summed E-state index contributed by atoms with van der Waals surface area (Å²) in [6.45, 7) is 3.57. The highest BCUT2D eigenvalue weighted by molar-refractivity contribution is 5.94. The zero-order valence-electron chi connectivity index (χ0n) is 18.8. The van der Waals surface area contributed by atoms with Crippen molar-refractivity contribution in [3.63, 3.8) is 0 Å². The second kappa shape index (κ2) is 9.51. The fourth-order valence-electron chi connectivity index (χ4n) is 3.13. The number of rotatable bonds is 7. The summed E-state index contributed by atoms with van der Waals surface area (Å²) >= 11 is 0. The maximum absolute atomic E-state index is 12.1. The maximum Gasteiger partial charge on any atom is 0.252 e. The molecule has 4 heterocycles. The lowest BCUT2D eigenvalue weighted by Gasteiger charge is -2.12. The van der Waals surface area contributed by atoms with Crippen molar-refractivity contribution >= 4 is 28.6 Å². The van der Waals surface area contributed by atoms with Gasteiger partial charge in [0, 0.05) is 25.9 Å². The first-order valence-corrected chi connectivity index (χ1v) is 10.4. The van der Waals surface area contributed by atoms with Gasteiger partial charge in [-0.15, -0.1) is 0 Å². The van der Waals surface area contributed by atoms with Gasteiger partial charge in [-0.25, -0.2) is 15.0 Å². The summed E-state index contributed by atoms with van der Waals surface area (Å²) in [7, 11) is 1.82. The summed E-state index contributed by atoms with van der Waals surface area (Å²) < 4.78 is 7.72. The number of aliphatic hydroxyl groups is 1. The first-order chi connectivity index (χ1) is 16.3. The van der Waals surface area contributed by atoms with E-state index in [1.165, 1.54) is 12.4 Å². The Kier molecular flexibility index (Phi) is 6.33. The monoisotopic (exact) mass is 458 g/mol. The first-order valence-electron chi connectivity index (χ1n) is 10.4. The van der Waals surface area contributed by atoms with Crippen LogP contribution in [0.1, 0.15) is 28.5 Å². The number of ether oxygens (including phenoxy) is 1. The van der Waals surface area contributed by atoms with E-state index in [4.69, 9.17) is 10.00 Å². The van der Waals surface area contributed by atoms with Crippen molar-refractivity contribution in [3.8, 4) is 17.7 Å². The molecule has 0 saturated heterocycles. The van der Waals surface area contributed by atoms with Gasteiger partial charge in [0.1, 0.15) is 23.1 Å². The molecule has 1 atom stereocenters. The average Bonchev–Trinajstić information content (AvgIpc) is 3.20. The minimum Gasteiger partial charge on any atom is -0.437 e. The third-order valence-corrected chi connectivity index (χ3v) is 4.88. The van der Waals surface area contributed by atoms with E-state index >= 15 is 0 Å². The van der Waals surface area contributed by atoms with Gasteiger partial charge in [-0.1, -0.05) is 0 Å². The third-order valence-electron chi connectivity index (χ3n) is 4.88. The smallest absolute Gasteiger partial charge is 0.252 e. The zero-order chi connectivity index (χ0) is 24.2. The van der Waals surface area contributed by atoms with Crippen molar-refractivity contribution < 1.29 is 14.6 Å². The SMILES string of the molecule is Cc1cc(C#N)ncc1Oc1cc(Nc2ccc(C(=O)NCC(C)O)cn2)c2ncn(C)c2n1. The summed E-state index contributed by atoms with van der Waals surface area (Å²) in [6.07, 6.45) is 3.94. The van der Waals surface area contributed by atoms with E-state index in [1.807, 2.05) is 20.0 Å². The molecule has 0 bridgehead atoms. The Balaban J connectivity index is 1.60. The summed E-state index contributed by atoms with van der Waals surface area (Å²) in [6, 6.07) is 8.63. The van der Waals surface area contributed by atoms with Gasteiger partial charge in [-0.05, 0) is 37.6 Å². The standard InChI is InChI=1S/C23H22N8O3/c1-13-6-16(8-24)25-11-18(13)34-20-7-17(21-22(30-20)31(3)12-28-21)29-19-5-4-15(10-26-19)23(33)27-9-14(2)32/h4-7,10-12,14,32H,9H2,1-3H3,(H,27,33)(H,26,29,30). The van der Waals surface area contributed by atoms with Gasteiger partial charge in [0.2, 0.25) is 5.88 Å². The van der Waals surface area contributed by atoms with Gasteiger partial charge in [-0.3, -0.25) is 4.79 Å². The van der Waals surface area contributed by atoms with Crippen molar-refractivity contribution in [1.82, 2.24) is 29.8 Å². The topological polar surface area (TPSA) is 151 Å². The Hall–Kier alpha value is -4.56. The van der Waals surface area contributed by atoms with Crippen LogP contribution in [0.3, 0.4) is 0 Å². The second-order valence-corrected chi connectivity index (χ2v) is 7.70. The maximum atomic E-state index is 12.1. The van der Waals surface area contributed by atoms with Crippen molar-refractivity contribution in [3.05, 3.63) is 59.8 Å². The number of carbonyl (C=O) groups is 1. The Bertz CT molecular complexity index is 1390.